The van der Waals surface area contributed by atoms with Gasteiger partial charge < -0.3 is 10.6 Å². The molecule has 0 spiro atoms. The minimum Gasteiger partial charge on any atom is -0.355 e. The van der Waals surface area contributed by atoms with E-state index >= 15 is 0 Å². The van der Waals surface area contributed by atoms with Crippen LogP contribution in [0.5, 0.6) is 0 Å². The van der Waals surface area contributed by atoms with Gasteiger partial charge in [-0.15, -0.1) is 10.2 Å². The smallest absolute Gasteiger partial charge is 0.227 e. The zero-order valence-electron chi connectivity index (χ0n) is 15.1. The highest BCUT2D eigenvalue weighted by Crippen LogP contribution is 2.33. The van der Waals surface area contributed by atoms with Gasteiger partial charge in [-0.25, -0.2) is 0 Å². The number of anilines is 1. The summed E-state index contributed by atoms with van der Waals surface area (Å²) in [5.74, 6) is 0.231. The Hall–Kier alpha value is -1.35. The molecule has 10 heteroatoms. The summed E-state index contributed by atoms with van der Waals surface area (Å²) in [4.78, 5) is 23.7. The van der Waals surface area contributed by atoms with Crippen molar-refractivity contribution in [3.63, 3.8) is 0 Å². The lowest BCUT2D eigenvalue weighted by Crippen LogP contribution is -2.36. The number of amides is 2. The highest BCUT2D eigenvalue weighted by atomic mass is 35.5. The van der Waals surface area contributed by atoms with Gasteiger partial charge in [-0.3, -0.25) is 9.59 Å². The molecule has 1 heterocycles. The second kappa shape index (κ2) is 9.73. The summed E-state index contributed by atoms with van der Waals surface area (Å²) in [6, 6.07) is 5.36. The molecule has 0 saturated carbocycles. The zero-order valence-corrected chi connectivity index (χ0v) is 18.3. The molecule has 27 heavy (non-hydrogen) atoms. The van der Waals surface area contributed by atoms with E-state index < -0.39 is 5.41 Å². The van der Waals surface area contributed by atoms with Crippen molar-refractivity contribution in [2.75, 3.05) is 11.9 Å². The van der Waals surface area contributed by atoms with Crippen LogP contribution in [0.3, 0.4) is 0 Å². The predicted molar refractivity (Wildman–Crippen MR) is 112 cm³/mol. The second-order valence-corrected chi connectivity index (χ2v) is 9.68. The highest BCUT2D eigenvalue weighted by molar-refractivity contribution is 8.00. The van der Waals surface area contributed by atoms with Gasteiger partial charge in [0.05, 0.1) is 0 Å². The molecule has 0 aliphatic carbocycles. The highest BCUT2D eigenvalue weighted by Gasteiger charge is 2.20. The molecule has 6 nitrogen and oxygen atoms in total. The van der Waals surface area contributed by atoms with E-state index in [2.05, 4.69) is 20.8 Å². The number of aromatic nitrogens is 2. The van der Waals surface area contributed by atoms with Gasteiger partial charge in [-0.2, -0.15) is 0 Å². The standard InChI is InChI=1S/C17H20Cl2N4O2S2/c1-17(2,3)14(25)20-8-7-13(24)21-15-22-23-16(27-15)26-9-10-11(18)5-4-6-12(10)19/h4-6H,7-9H2,1-3H3,(H,20,25)(H,21,22,24). The number of carbonyl (C=O) groups excluding carboxylic acids is 2. The van der Waals surface area contributed by atoms with E-state index in [0.29, 0.717) is 25.3 Å². The van der Waals surface area contributed by atoms with E-state index in [1.54, 1.807) is 18.2 Å². The van der Waals surface area contributed by atoms with Crippen LogP contribution in [-0.4, -0.2) is 28.6 Å². The quantitative estimate of drug-likeness (QED) is 0.478. The molecule has 1 aromatic heterocycles. The molecule has 2 aromatic rings. The zero-order chi connectivity index (χ0) is 20.0. The summed E-state index contributed by atoms with van der Waals surface area (Å²) in [7, 11) is 0. The van der Waals surface area contributed by atoms with E-state index in [1.807, 2.05) is 20.8 Å². The number of carbonyl (C=O) groups is 2. The third-order valence-corrected chi connectivity index (χ3v) is 6.08. The first-order valence-electron chi connectivity index (χ1n) is 8.14. The molecule has 2 amide bonds. The molecule has 2 N–H and O–H groups in total. The molecule has 0 fully saturated rings. The third kappa shape index (κ3) is 6.95. The van der Waals surface area contributed by atoms with Crippen molar-refractivity contribution in [1.29, 1.82) is 0 Å². The lowest BCUT2D eigenvalue weighted by molar-refractivity contribution is -0.128. The van der Waals surface area contributed by atoms with Gasteiger partial charge in [-0.05, 0) is 17.7 Å². The van der Waals surface area contributed by atoms with Gasteiger partial charge >= 0.3 is 0 Å². The molecule has 2 rings (SSSR count). The number of halogens is 2. The maximum Gasteiger partial charge on any atom is 0.227 e. The van der Waals surface area contributed by atoms with E-state index in [0.717, 1.165) is 5.56 Å². The monoisotopic (exact) mass is 446 g/mol. The van der Waals surface area contributed by atoms with Crippen molar-refractivity contribution in [3.05, 3.63) is 33.8 Å². The van der Waals surface area contributed by atoms with Crippen molar-refractivity contribution in [1.82, 2.24) is 15.5 Å². The topological polar surface area (TPSA) is 84.0 Å². The Morgan fingerprint density at radius 3 is 2.48 bits per heavy atom. The summed E-state index contributed by atoms with van der Waals surface area (Å²) in [6.07, 6.45) is 0.166. The Morgan fingerprint density at radius 1 is 1.19 bits per heavy atom. The number of thioether (sulfide) groups is 1. The van der Waals surface area contributed by atoms with Gasteiger partial charge in [0.25, 0.3) is 0 Å². The largest absolute Gasteiger partial charge is 0.355 e. The minimum absolute atomic E-state index is 0.0943. The van der Waals surface area contributed by atoms with Gasteiger partial charge in [0.1, 0.15) is 0 Å². The van der Waals surface area contributed by atoms with Crippen LogP contribution in [-0.2, 0) is 15.3 Å². The Bertz CT molecular complexity index is 801. The maximum absolute atomic E-state index is 12.0. The van der Waals surface area contributed by atoms with Crippen LogP contribution in [0, 0.1) is 5.41 Å². The van der Waals surface area contributed by atoms with Gasteiger partial charge in [0, 0.05) is 34.2 Å². The summed E-state index contributed by atoms with van der Waals surface area (Å²) >= 11 is 15.0. The molecular formula is C17H20Cl2N4O2S2. The van der Waals surface area contributed by atoms with Gasteiger partial charge in [0.15, 0.2) is 4.34 Å². The predicted octanol–water partition coefficient (Wildman–Crippen LogP) is 4.63. The summed E-state index contributed by atoms with van der Waals surface area (Å²) < 4.78 is 0.697. The van der Waals surface area contributed by atoms with Gasteiger partial charge in [-0.1, -0.05) is 73.1 Å². The third-order valence-electron chi connectivity index (χ3n) is 3.37. The van der Waals surface area contributed by atoms with E-state index in [4.69, 9.17) is 23.2 Å². The fourth-order valence-corrected chi connectivity index (χ4v) is 4.37. The van der Waals surface area contributed by atoms with E-state index in [1.165, 1.54) is 23.1 Å². The number of hydrogen-bond donors (Lipinski definition) is 2. The van der Waals surface area contributed by atoms with Crippen molar-refractivity contribution in [2.24, 2.45) is 5.41 Å². The normalized spacial score (nSPS) is 11.3. The molecule has 0 aliphatic rings. The lowest BCUT2D eigenvalue weighted by atomic mass is 9.96. The first-order valence-corrected chi connectivity index (χ1v) is 10.7. The summed E-state index contributed by atoms with van der Waals surface area (Å²) in [5, 5.41) is 15.0. The molecular weight excluding hydrogens is 427 g/mol. The maximum atomic E-state index is 12.0. The average molecular weight is 447 g/mol. The number of hydrogen-bond acceptors (Lipinski definition) is 6. The Labute approximate surface area is 176 Å². The molecule has 0 unspecified atom stereocenters. The number of nitrogens with zero attached hydrogens (tertiary/aromatic N) is 2. The van der Waals surface area contributed by atoms with Gasteiger partial charge in [0.2, 0.25) is 16.9 Å². The van der Waals surface area contributed by atoms with Crippen LogP contribution in [0.2, 0.25) is 10.0 Å². The van der Waals surface area contributed by atoms with Crippen molar-refractivity contribution in [3.8, 4) is 0 Å². The van der Waals surface area contributed by atoms with Crippen LogP contribution in [0.4, 0.5) is 5.13 Å². The SMILES string of the molecule is CC(C)(C)C(=O)NCCC(=O)Nc1nnc(SCc2c(Cl)cccc2Cl)s1. The minimum atomic E-state index is -0.480. The van der Waals surface area contributed by atoms with Crippen molar-refractivity contribution >= 4 is 63.2 Å². The average Bonchev–Trinajstić information content (AvgIpc) is 3.00. The van der Waals surface area contributed by atoms with Crippen LogP contribution in [0.25, 0.3) is 0 Å². The summed E-state index contributed by atoms with van der Waals surface area (Å²) in [5.41, 5.74) is 0.355. The number of benzene rings is 1. The summed E-state index contributed by atoms with van der Waals surface area (Å²) in [6.45, 7) is 5.73. The first-order chi connectivity index (χ1) is 12.7. The fourth-order valence-electron chi connectivity index (χ4n) is 1.86. The Morgan fingerprint density at radius 2 is 1.85 bits per heavy atom. The first kappa shape index (κ1) is 21.9. The Kier molecular flexibility index (Phi) is 7.91. The van der Waals surface area contributed by atoms with E-state index in [-0.39, 0.29) is 24.8 Å². The lowest BCUT2D eigenvalue weighted by Gasteiger charge is -2.17. The molecule has 0 bridgehead atoms. The molecule has 146 valence electrons. The molecule has 0 saturated heterocycles. The molecule has 0 radical (unpaired) electrons. The fraction of sp³-hybridized carbons (Fsp3) is 0.412. The van der Waals surface area contributed by atoms with Crippen LogP contribution in [0.15, 0.2) is 22.5 Å². The van der Waals surface area contributed by atoms with Crippen LogP contribution < -0.4 is 10.6 Å². The molecule has 0 atom stereocenters. The molecule has 0 aliphatic heterocycles. The Balaban J connectivity index is 1.80. The number of nitrogens with one attached hydrogen (secondary N) is 2. The number of rotatable bonds is 7. The van der Waals surface area contributed by atoms with Crippen molar-refractivity contribution < 1.29 is 9.59 Å². The van der Waals surface area contributed by atoms with E-state index in [9.17, 15) is 9.59 Å². The second-order valence-electron chi connectivity index (χ2n) is 6.67. The molecule has 1 aromatic carbocycles. The van der Waals surface area contributed by atoms with Crippen LogP contribution >= 0.6 is 46.3 Å². The van der Waals surface area contributed by atoms with Crippen molar-refractivity contribution in [2.45, 2.75) is 37.3 Å². The van der Waals surface area contributed by atoms with Crippen LogP contribution in [0.1, 0.15) is 32.8 Å².